The standard InChI is InChI=1S/C42H22N4O10S4/c1-21(47)53-29-12-14-31(37-35(29)57-41(59-37)25(19-43)33(49)27-10-3-5-16-45-27)55-39(51)23-8-7-9-24(18-23)40(52)56-32-15-13-30(54-22(2)48)36-38(32)60-42(58-36)26(20-44)34(50)28-11-4-6-17-46-28/h3-18H,1-2H3/b41-25+,42-26+. The first-order chi connectivity index (χ1) is 28.9. The maximum absolute atomic E-state index is 13.6. The lowest BCUT2D eigenvalue weighted by Crippen LogP contribution is -2.13. The van der Waals surface area contributed by atoms with Gasteiger partial charge in [-0.05, 0) is 66.7 Å². The van der Waals surface area contributed by atoms with E-state index in [0.29, 0.717) is 19.6 Å². The van der Waals surface area contributed by atoms with Crippen LogP contribution >= 0.6 is 47.0 Å². The molecule has 0 bridgehead atoms. The largest absolute Gasteiger partial charge is 0.425 e. The molecule has 0 N–H and O–H groups in total. The van der Waals surface area contributed by atoms with E-state index in [9.17, 15) is 39.3 Å². The van der Waals surface area contributed by atoms with Crippen molar-refractivity contribution >= 4 is 82.5 Å². The van der Waals surface area contributed by atoms with Crippen molar-refractivity contribution in [2.75, 3.05) is 0 Å². The predicted octanol–water partition coefficient (Wildman–Crippen LogP) is 8.40. The van der Waals surface area contributed by atoms with Crippen LogP contribution in [-0.4, -0.2) is 45.4 Å². The Balaban J connectivity index is 1.14. The Kier molecular flexibility index (Phi) is 12.3. The van der Waals surface area contributed by atoms with Crippen LogP contribution in [0.1, 0.15) is 55.5 Å². The number of Topliss-reactive ketones (excluding diaryl/α,β-unsaturated/α-hetero) is 2. The molecule has 7 rings (SSSR count). The highest BCUT2D eigenvalue weighted by Gasteiger charge is 2.34. The van der Waals surface area contributed by atoms with Gasteiger partial charge in [-0.2, -0.15) is 10.5 Å². The molecular formula is C42H22N4O10S4. The van der Waals surface area contributed by atoms with Gasteiger partial charge in [0.2, 0.25) is 11.6 Å². The second-order valence-electron chi connectivity index (χ2n) is 12.0. The summed E-state index contributed by atoms with van der Waals surface area (Å²) in [5.74, 6) is -3.98. The molecule has 0 atom stereocenters. The van der Waals surface area contributed by atoms with Crippen molar-refractivity contribution in [2.24, 2.45) is 0 Å². The number of pyridine rings is 2. The number of carbonyl (C=O) groups excluding carboxylic acids is 6. The van der Waals surface area contributed by atoms with Gasteiger partial charge in [-0.25, -0.2) is 9.59 Å². The molecule has 0 spiro atoms. The van der Waals surface area contributed by atoms with E-state index >= 15 is 0 Å². The molecule has 2 aromatic heterocycles. The average Bonchev–Trinajstić information content (AvgIpc) is 3.90. The lowest BCUT2D eigenvalue weighted by atomic mass is 10.1. The van der Waals surface area contributed by atoms with Gasteiger partial charge >= 0.3 is 23.9 Å². The third kappa shape index (κ3) is 8.72. The Morgan fingerprint density at radius 2 is 0.867 bits per heavy atom. The van der Waals surface area contributed by atoms with E-state index in [2.05, 4.69) is 9.97 Å². The van der Waals surface area contributed by atoms with E-state index in [1.54, 1.807) is 24.3 Å². The summed E-state index contributed by atoms with van der Waals surface area (Å²) in [6, 6.07) is 24.4. The first kappa shape index (κ1) is 41.2. The number of esters is 4. The summed E-state index contributed by atoms with van der Waals surface area (Å²) in [7, 11) is 0. The van der Waals surface area contributed by atoms with Crippen molar-refractivity contribution < 1.29 is 47.7 Å². The number of nitriles is 2. The summed E-state index contributed by atoms with van der Waals surface area (Å²) in [5, 5.41) is 20.0. The fourth-order valence-corrected chi connectivity index (χ4v) is 10.6. The molecule has 2 aliphatic heterocycles. The summed E-state index contributed by atoms with van der Waals surface area (Å²) in [5.41, 5.74) is -0.420. The number of aromatic nitrogens is 2. The van der Waals surface area contributed by atoms with Gasteiger partial charge in [0.25, 0.3) is 0 Å². The lowest BCUT2D eigenvalue weighted by Gasteiger charge is -2.12. The third-order valence-electron chi connectivity index (χ3n) is 7.99. The minimum atomic E-state index is -0.879. The van der Waals surface area contributed by atoms with Crippen LogP contribution in [0.5, 0.6) is 23.0 Å². The van der Waals surface area contributed by atoms with Crippen molar-refractivity contribution in [2.45, 2.75) is 33.4 Å². The highest BCUT2D eigenvalue weighted by molar-refractivity contribution is 8.25. The van der Waals surface area contributed by atoms with Crippen LogP contribution < -0.4 is 18.9 Å². The molecule has 2 aliphatic rings. The number of hydrogen-bond acceptors (Lipinski definition) is 18. The molecule has 4 heterocycles. The number of ketones is 2. The fourth-order valence-electron chi connectivity index (χ4n) is 5.41. The molecule has 294 valence electrons. The normalized spacial score (nSPS) is 14.0. The number of benzene rings is 3. The number of ether oxygens (including phenoxy) is 4. The van der Waals surface area contributed by atoms with Gasteiger partial charge in [-0.15, -0.1) is 0 Å². The Morgan fingerprint density at radius 1 is 0.500 bits per heavy atom. The summed E-state index contributed by atoms with van der Waals surface area (Å²) >= 11 is 3.95. The quantitative estimate of drug-likeness (QED) is 0.0423. The van der Waals surface area contributed by atoms with Crippen LogP contribution in [0.4, 0.5) is 0 Å². The van der Waals surface area contributed by atoms with Crippen LogP contribution in [0.3, 0.4) is 0 Å². The zero-order valence-corrected chi connectivity index (χ0v) is 34.0. The number of thioether (sulfide) groups is 4. The van der Waals surface area contributed by atoms with E-state index in [0.717, 1.165) is 47.0 Å². The predicted molar refractivity (Wildman–Crippen MR) is 218 cm³/mol. The third-order valence-corrected chi connectivity index (χ3v) is 13.2. The van der Waals surface area contributed by atoms with E-state index < -0.39 is 35.4 Å². The number of nitrogens with zero attached hydrogens (tertiary/aromatic N) is 4. The Hall–Kier alpha value is -6.96. The van der Waals surface area contributed by atoms with Crippen molar-refractivity contribution in [3.8, 4) is 35.1 Å². The lowest BCUT2D eigenvalue weighted by molar-refractivity contribution is -0.133. The molecule has 60 heavy (non-hydrogen) atoms. The molecule has 0 amide bonds. The van der Waals surface area contributed by atoms with Crippen molar-refractivity contribution in [3.05, 3.63) is 139 Å². The first-order valence-corrected chi connectivity index (χ1v) is 20.4. The highest BCUT2D eigenvalue weighted by atomic mass is 32.2. The molecule has 0 saturated heterocycles. The van der Waals surface area contributed by atoms with E-state index in [4.69, 9.17) is 18.9 Å². The van der Waals surface area contributed by atoms with Gasteiger partial charge in [0.15, 0.2) is 0 Å². The van der Waals surface area contributed by atoms with Gasteiger partial charge in [0.1, 0.15) is 57.7 Å². The molecule has 0 aliphatic carbocycles. The molecule has 14 nitrogen and oxygen atoms in total. The number of rotatable bonds is 10. The van der Waals surface area contributed by atoms with Crippen LogP contribution in [0.15, 0.2) is 137 Å². The topological polar surface area (TPSA) is 213 Å². The second kappa shape index (κ2) is 17.9. The molecule has 0 radical (unpaired) electrons. The monoisotopic (exact) mass is 870 g/mol. The summed E-state index contributed by atoms with van der Waals surface area (Å²) < 4.78 is 22.8. The summed E-state index contributed by atoms with van der Waals surface area (Å²) in [6.45, 7) is 2.42. The minimum absolute atomic E-state index is 0.0223. The number of hydrogen-bond donors (Lipinski definition) is 0. The van der Waals surface area contributed by atoms with E-state index in [-0.39, 0.29) is 65.1 Å². The first-order valence-electron chi connectivity index (χ1n) is 17.1. The maximum atomic E-state index is 13.6. The fraction of sp³-hybridized carbons (Fsp3) is 0.0476. The van der Waals surface area contributed by atoms with Crippen LogP contribution in [-0.2, 0) is 9.59 Å². The second-order valence-corrected chi connectivity index (χ2v) is 16.6. The molecule has 3 aromatic carbocycles. The summed E-state index contributed by atoms with van der Waals surface area (Å²) in [4.78, 5) is 86.9. The van der Waals surface area contributed by atoms with Gasteiger partial charge in [0, 0.05) is 26.2 Å². The van der Waals surface area contributed by atoms with Gasteiger partial charge < -0.3 is 18.9 Å². The molecule has 5 aromatic rings. The molecule has 0 unspecified atom stereocenters. The zero-order chi connectivity index (χ0) is 42.5. The van der Waals surface area contributed by atoms with Crippen LogP contribution in [0, 0.1) is 22.7 Å². The van der Waals surface area contributed by atoms with Gasteiger partial charge in [-0.1, -0.05) is 65.2 Å². The molecular weight excluding hydrogens is 849 g/mol. The SMILES string of the molecule is CC(=O)Oc1ccc(OC(=O)c2cccc(C(=O)Oc3ccc(OC(C)=O)c4c3S/C(=C(\C#N)C(=O)c3ccccn3)S4)c2)c2c1S/C(=C(/C#N)C(=O)c1ccccn1)S2. The highest BCUT2D eigenvalue weighted by Crippen LogP contribution is 2.60. The van der Waals surface area contributed by atoms with Crippen molar-refractivity contribution in [3.63, 3.8) is 0 Å². The zero-order valence-electron chi connectivity index (χ0n) is 30.7. The molecule has 18 heteroatoms. The smallest absolute Gasteiger partial charge is 0.343 e. The Bertz CT molecular complexity index is 2650. The van der Waals surface area contributed by atoms with Crippen LogP contribution in [0.25, 0.3) is 0 Å². The molecule has 0 saturated carbocycles. The van der Waals surface area contributed by atoms with Gasteiger partial charge in [0.05, 0.1) is 39.2 Å². The number of allylic oxidation sites excluding steroid dienone is 2. The number of fused-ring (bicyclic) bond motifs is 2. The summed E-state index contributed by atoms with van der Waals surface area (Å²) in [6.07, 6.45) is 2.84. The molecule has 0 fully saturated rings. The number of carbonyl (C=O) groups is 6. The Morgan fingerprint density at radius 3 is 1.18 bits per heavy atom. The van der Waals surface area contributed by atoms with Crippen LogP contribution in [0.2, 0.25) is 0 Å². The average molecular weight is 871 g/mol. The van der Waals surface area contributed by atoms with E-state index in [1.165, 1.54) is 86.9 Å². The van der Waals surface area contributed by atoms with Crippen molar-refractivity contribution in [1.82, 2.24) is 9.97 Å². The Labute approximate surface area is 357 Å². The maximum Gasteiger partial charge on any atom is 0.343 e. The minimum Gasteiger partial charge on any atom is -0.425 e. The van der Waals surface area contributed by atoms with Gasteiger partial charge in [-0.3, -0.25) is 29.1 Å². The van der Waals surface area contributed by atoms with Crippen molar-refractivity contribution in [1.29, 1.82) is 10.5 Å². The van der Waals surface area contributed by atoms with E-state index in [1.807, 2.05) is 12.1 Å².